The molecule has 1 N–H and O–H groups in total. The number of piperazine rings is 1. The van der Waals surface area contributed by atoms with Gasteiger partial charge in [0.25, 0.3) is 0 Å². The Bertz CT molecular complexity index is 539. The van der Waals surface area contributed by atoms with Gasteiger partial charge in [-0.3, -0.25) is 4.99 Å². The van der Waals surface area contributed by atoms with Gasteiger partial charge in [0.15, 0.2) is 5.96 Å². The number of hydrogen-bond donors (Lipinski definition) is 1. The van der Waals surface area contributed by atoms with Crippen LogP contribution in [0.3, 0.4) is 0 Å². The van der Waals surface area contributed by atoms with Gasteiger partial charge >= 0.3 is 0 Å². The van der Waals surface area contributed by atoms with Crippen molar-refractivity contribution in [3.8, 4) is 0 Å². The van der Waals surface area contributed by atoms with Gasteiger partial charge in [0.05, 0.1) is 31.1 Å². The lowest BCUT2D eigenvalue weighted by Crippen LogP contribution is -2.54. The molecule has 2 heterocycles. The summed E-state index contributed by atoms with van der Waals surface area (Å²) in [6.07, 6.45) is 2.43. The summed E-state index contributed by atoms with van der Waals surface area (Å²) in [5.41, 5.74) is 0. The van der Waals surface area contributed by atoms with Gasteiger partial charge in [0.1, 0.15) is 0 Å². The zero-order valence-electron chi connectivity index (χ0n) is 16.3. The number of rotatable bonds is 8. The van der Waals surface area contributed by atoms with E-state index in [0.29, 0.717) is 32.7 Å². The molecule has 2 saturated heterocycles. The summed E-state index contributed by atoms with van der Waals surface area (Å²) in [6, 6.07) is 0. The molecule has 0 saturated carbocycles. The minimum Gasteiger partial charge on any atom is -0.378 e. The highest BCUT2D eigenvalue weighted by molar-refractivity contribution is 7.89. The van der Waals surface area contributed by atoms with E-state index in [1.807, 2.05) is 20.8 Å². The lowest BCUT2D eigenvalue weighted by molar-refractivity contribution is 0.0904. The SMILES string of the molecule is CCNC(=NCC1CCCO1)N1CCN(S(=O)(=O)CCOC(C)C)CC1. The molecular formula is C17H34N4O4S. The third-order valence-electron chi connectivity index (χ3n) is 4.53. The summed E-state index contributed by atoms with van der Waals surface area (Å²) in [7, 11) is -3.26. The first-order valence-electron chi connectivity index (χ1n) is 9.66. The Balaban J connectivity index is 1.84. The second-order valence-electron chi connectivity index (χ2n) is 6.95. The molecule has 26 heavy (non-hydrogen) atoms. The Morgan fingerprint density at radius 3 is 2.62 bits per heavy atom. The van der Waals surface area contributed by atoms with Gasteiger partial charge in [0.2, 0.25) is 10.0 Å². The summed E-state index contributed by atoms with van der Waals surface area (Å²) < 4.78 is 37.4. The van der Waals surface area contributed by atoms with Crippen LogP contribution in [-0.4, -0.2) is 94.0 Å². The normalized spacial score (nSPS) is 23.0. The Morgan fingerprint density at radius 1 is 1.31 bits per heavy atom. The predicted molar refractivity (Wildman–Crippen MR) is 103 cm³/mol. The van der Waals surface area contributed by atoms with E-state index in [9.17, 15) is 8.42 Å². The quantitative estimate of drug-likeness (QED) is 0.480. The molecule has 1 atom stereocenters. The van der Waals surface area contributed by atoms with Crippen LogP contribution in [0.2, 0.25) is 0 Å². The second-order valence-corrected chi connectivity index (χ2v) is 9.04. The first-order valence-corrected chi connectivity index (χ1v) is 11.3. The van der Waals surface area contributed by atoms with Crippen molar-refractivity contribution in [1.82, 2.24) is 14.5 Å². The number of sulfonamides is 1. The topological polar surface area (TPSA) is 83.5 Å². The average molecular weight is 391 g/mol. The largest absolute Gasteiger partial charge is 0.378 e. The predicted octanol–water partition coefficient (Wildman–Crippen LogP) is 0.503. The van der Waals surface area contributed by atoms with Crippen molar-refractivity contribution >= 4 is 16.0 Å². The van der Waals surface area contributed by atoms with Crippen LogP contribution < -0.4 is 5.32 Å². The third-order valence-corrected chi connectivity index (χ3v) is 6.36. The van der Waals surface area contributed by atoms with Crippen LogP contribution in [0, 0.1) is 0 Å². The molecule has 8 nitrogen and oxygen atoms in total. The molecule has 2 aliphatic heterocycles. The summed E-state index contributed by atoms with van der Waals surface area (Å²) in [6.45, 7) is 10.6. The van der Waals surface area contributed by atoms with Gasteiger partial charge in [-0.15, -0.1) is 0 Å². The zero-order valence-corrected chi connectivity index (χ0v) is 17.1. The molecule has 0 aromatic rings. The molecule has 0 aromatic heterocycles. The molecule has 152 valence electrons. The Labute approximate surface area is 158 Å². The Hall–Kier alpha value is -0.900. The van der Waals surface area contributed by atoms with E-state index in [1.54, 1.807) is 4.31 Å². The minimum atomic E-state index is -3.26. The minimum absolute atomic E-state index is 0.0400. The van der Waals surface area contributed by atoms with Crippen molar-refractivity contribution in [2.24, 2.45) is 4.99 Å². The fourth-order valence-corrected chi connectivity index (χ4v) is 4.38. The van der Waals surface area contributed by atoms with Crippen molar-refractivity contribution in [3.05, 3.63) is 0 Å². The van der Waals surface area contributed by atoms with E-state index in [0.717, 1.165) is 32.0 Å². The van der Waals surface area contributed by atoms with E-state index >= 15 is 0 Å². The summed E-state index contributed by atoms with van der Waals surface area (Å²) >= 11 is 0. The first-order chi connectivity index (χ1) is 12.4. The Morgan fingerprint density at radius 2 is 2.04 bits per heavy atom. The number of nitrogens with zero attached hydrogens (tertiary/aromatic N) is 3. The number of nitrogens with one attached hydrogen (secondary N) is 1. The molecule has 2 fully saturated rings. The number of hydrogen-bond acceptors (Lipinski definition) is 5. The highest BCUT2D eigenvalue weighted by Crippen LogP contribution is 2.13. The molecular weight excluding hydrogens is 356 g/mol. The van der Waals surface area contributed by atoms with Crippen LogP contribution in [0.5, 0.6) is 0 Å². The van der Waals surface area contributed by atoms with Crippen molar-refractivity contribution in [2.75, 3.05) is 58.2 Å². The Kier molecular flexibility index (Phi) is 8.59. The number of aliphatic imine (C=N–C) groups is 1. The highest BCUT2D eigenvalue weighted by Gasteiger charge is 2.28. The van der Waals surface area contributed by atoms with Crippen LogP contribution in [0.4, 0.5) is 0 Å². The smallest absolute Gasteiger partial charge is 0.216 e. The average Bonchev–Trinajstić information content (AvgIpc) is 3.12. The van der Waals surface area contributed by atoms with Crippen molar-refractivity contribution in [3.63, 3.8) is 0 Å². The van der Waals surface area contributed by atoms with Crippen molar-refractivity contribution in [1.29, 1.82) is 0 Å². The van der Waals surface area contributed by atoms with E-state index in [2.05, 4.69) is 10.2 Å². The maximum absolute atomic E-state index is 12.4. The molecule has 9 heteroatoms. The molecule has 0 radical (unpaired) electrons. The second kappa shape index (κ2) is 10.4. The van der Waals surface area contributed by atoms with Gasteiger partial charge in [-0.2, -0.15) is 4.31 Å². The molecule has 0 bridgehead atoms. The van der Waals surface area contributed by atoms with Gasteiger partial charge in [-0.1, -0.05) is 0 Å². The van der Waals surface area contributed by atoms with Crippen molar-refractivity contribution < 1.29 is 17.9 Å². The standard InChI is InChI=1S/C17H34N4O4S/c1-4-18-17(19-14-16-6-5-11-25-16)20-7-9-21(10-8-20)26(22,23)13-12-24-15(2)3/h15-16H,4-14H2,1-3H3,(H,18,19). The fourth-order valence-electron chi connectivity index (χ4n) is 3.10. The molecule has 0 spiro atoms. The van der Waals surface area contributed by atoms with Crippen LogP contribution in [0.1, 0.15) is 33.6 Å². The monoisotopic (exact) mass is 390 g/mol. The van der Waals surface area contributed by atoms with Crippen LogP contribution >= 0.6 is 0 Å². The summed E-state index contributed by atoms with van der Waals surface area (Å²) in [5, 5.41) is 3.31. The van der Waals surface area contributed by atoms with E-state index in [4.69, 9.17) is 14.5 Å². The van der Waals surface area contributed by atoms with Gasteiger partial charge in [0, 0.05) is 39.3 Å². The van der Waals surface area contributed by atoms with E-state index in [-0.39, 0.29) is 24.6 Å². The van der Waals surface area contributed by atoms with Gasteiger partial charge < -0.3 is 19.7 Å². The highest BCUT2D eigenvalue weighted by atomic mass is 32.2. The van der Waals surface area contributed by atoms with Crippen molar-refractivity contribution in [2.45, 2.75) is 45.8 Å². The number of ether oxygens (including phenoxy) is 2. The lowest BCUT2D eigenvalue weighted by atomic mass is 10.2. The molecule has 0 amide bonds. The maximum Gasteiger partial charge on any atom is 0.216 e. The number of guanidine groups is 1. The van der Waals surface area contributed by atoms with Gasteiger partial charge in [-0.05, 0) is 33.6 Å². The summed E-state index contributed by atoms with van der Waals surface area (Å²) in [4.78, 5) is 6.83. The van der Waals surface area contributed by atoms with E-state index < -0.39 is 10.0 Å². The lowest BCUT2D eigenvalue weighted by Gasteiger charge is -2.36. The van der Waals surface area contributed by atoms with Gasteiger partial charge in [-0.25, -0.2) is 8.42 Å². The maximum atomic E-state index is 12.4. The first kappa shape index (κ1) is 21.4. The van der Waals surface area contributed by atoms with Crippen LogP contribution in [0.25, 0.3) is 0 Å². The summed E-state index contributed by atoms with van der Waals surface area (Å²) in [5.74, 6) is 0.890. The van der Waals surface area contributed by atoms with Crippen LogP contribution in [0.15, 0.2) is 4.99 Å². The molecule has 0 aliphatic carbocycles. The molecule has 1 unspecified atom stereocenters. The zero-order chi connectivity index (χ0) is 19.0. The van der Waals surface area contributed by atoms with E-state index in [1.165, 1.54) is 0 Å². The fraction of sp³-hybridized carbons (Fsp3) is 0.941. The third kappa shape index (κ3) is 6.68. The molecule has 2 rings (SSSR count). The molecule has 0 aromatic carbocycles. The van der Waals surface area contributed by atoms with Crippen LogP contribution in [-0.2, 0) is 19.5 Å². The molecule has 2 aliphatic rings.